The highest BCUT2D eigenvalue weighted by atomic mass is 32.1. The molecule has 2 aromatic heterocycles. The standard InChI is InChI=1S/C21H15N3O5S/c25-21-17-5-2-1-4-16(17)19(18-6-3-7-30-18)22-23(21)10-13-8-15(24(26)27)9-14-11-28-12-29-20(13)14/h1-9H,10-12H2. The number of benzene rings is 2. The normalized spacial score (nSPS) is 13.1. The van der Waals surface area contributed by atoms with E-state index in [-0.39, 0.29) is 31.2 Å². The summed E-state index contributed by atoms with van der Waals surface area (Å²) in [7, 11) is 0. The van der Waals surface area contributed by atoms with Crippen molar-refractivity contribution in [3.8, 4) is 16.3 Å². The number of non-ortho nitro benzene ring substituents is 1. The van der Waals surface area contributed by atoms with E-state index < -0.39 is 4.92 Å². The monoisotopic (exact) mass is 421 g/mol. The minimum absolute atomic E-state index is 0.0477. The fourth-order valence-corrected chi connectivity index (χ4v) is 4.33. The number of nitro groups is 1. The van der Waals surface area contributed by atoms with Crippen molar-refractivity contribution in [1.82, 2.24) is 9.78 Å². The van der Waals surface area contributed by atoms with Gasteiger partial charge in [-0.3, -0.25) is 14.9 Å². The van der Waals surface area contributed by atoms with Crippen LogP contribution in [0.15, 0.2) is 58.7 Å². The quantitative estimate of drug-likeness (QED) is 0.366. The fourth-order valence-electron chi connectivity index (χ4n) is 3.60. The van der Waals surface area contributed by atoms with Crippen LogP contribution in [-0.2, 0) is 17.9 Å². The maximum absolute atomic E-state index is 13.1. The van der Waals surface area contributed by atoms with Gasteiger partial charge in [-0.05, 0) is 17.5 Å². The molecule has 0 bridgehead atoms. The van der Waals surface area contributed by atoms with Crippen LogP contribution in [-0.4, -0.2) is 21.5 Å². The number of nitro benzene ring substituents is 1. The molecule has 4 aromatic rings. The molecule has 1 aliphatic rings. The summed E-state index contributed by atoms with van der Waals surface area (Å²) in [5, 5.41) is 19.3. The summed E-state index contributed by atoms with van der Waals surface area (Å²) >= 11 is 1.53. The van der Waals surface area contributed by atoms with E-state index in [0.29, 0.717) is 28.0 Å². The maximum Gasteiger partial charge on any atom is 0.274 e. The number of nitrogens with zero attached hydrogens (tertiary/aromatic N) is 3. The van der Waals surface area contributed by atoms with E-state index >= 15 is 0 Å². The molecule has 0 N–H and O–H groups in total. The molecule has 3 heterocycles. The van der Waals surface area contributed by atoms with Crippen LogP contribution in [0.5, 0.6) is 5.75 Å². The summed E-state index contributed by atoms with van der Waals surface area (Å²) < 4.78 is 12.2. The topological polar surface area (TPSA) is 96.5 Å². The van der Waals surface area contributed by atoms with Crippen molar-refractivity contribution < 1.29 is 14.4 Å². The molecule has 2 aromatic carbocycles. The molecule has 0 saturated heterocycles. The Bertz CT molecular complexity index is 1330. The van der Waals surface area contributed by atoms with E-state index in [2.05, 4.69) is 5.10 Å². The Kier molecular flexibility index (Phi) is 4.53. The van der Waals surface area contributed by atoms with Gasteiger partial charge in [0.05, 0.1) is 28.3 Å². The second-order valence-electron chi connectivity index (χ2n) is 6.80. The molecule has 0 radical (unpaired) electrons. The lowest BCUT2D eigenvalue weighted by Crippen LogP contribution is -2.25. The third-order valence-electron chi connectivity index (χ3n) is 4.92. The third kappa shape index (κ3) is 3.14. The number of thiophene rings is 1. The molecule has 0 unspecified atom stereocenters. The van der Waals surface area contributed by atoms with Crippen molar-refractivity contribution in [3.63, 3.8) is 0 Å². The minimum Gasteiger partial charge on any atom is -0.467 e. The summed E-state index contributed by atoms with van der Waals surface area (Å²) in [6.07, 6.45) is 0. The van der Waals surface area contributed by atoms with Gasteiger partial charge in [0, 0.05) is 28.6 Å². The van der Waals surface area contributed by atoms with Crippen LogP contribution >= 0.6 is 11.3 Å². The second-order valence-corrected chi connectivity index (χ2v) is 7.74. The molecule has 150 valence electrons. The molecule has 30 heavy (non-hydrogen) atoms. The van der Waals surface area contributed by atoms with Crippen LogP contribution in [0.1, 0.15) is 11.1 Å². The van der Waals surface area contributed by atoms with Crippen LogP contribution in [0.25, 0.3) is 21.3 Å². The Morgan fingerprint density at radius 2 is 2.00 bits per heavy atom. The van der Waals surface area contributed by atoms with Crippen LogP contribution in [0.3, 0.4) is 0 Å². The lowest BCUT2D eigenvalue weighted by atomic mass is 10.1. The van der Waals surface area contributed by atoms with Gasteiger partial charge in [-0.2, -0.15) is 5.10 Å². The van der Waals surface area contributed by atoms with Gasteiger partial charge in [0.1, 0.15) is 11.4 Å². The molecule has 0 aliphatic carbocycles. The van der Waals surface area contributed by atoms with Gasteiger partial charge in [-0.25, -0.2) is 4.68 Å². The maximum atomic E-state index is 13.1. The van der Waals surface area contributed by atoms with Gasteiger partial charge in [0.15, 0.2) is 6.79 Å². The lowest BCUT2D eigenvalue weighted by molar-refractivity contribution is -0.385. The first-order valence-corrected chi connectivity index (χ1v) is 10.0. The summed E-state index contributed by atoms with van der Waals surface area (Å²) in [6, 6.07) is 14.1. The molecule has 1 aliphatic heterocycles. The van der Waals surface area contributed by atoms with Gasteiger partial charge in [-0.15, -0.1) is 11.3 Å². The van der Waals surface area contributed by atoms with E-state index in [1.54, 1.807) is 6.07 Å². The SMILES string of the molecule is O=c1c2ccccc2c(-c2cccs2)nn1Cc1cc([N+](=O)[O-])cc2c1OCOC2. The van der Waals surface area contributed by atoms with E-state index in [9.17, 15) is 14.9 Å². The van der Waals surface area contributed by atoms with Crippen molar-refractivity contribution in [3.05, 3.63) is 85.5 Å². The largest absolute Gasteiger partial charge is 0.467 e. The van der Waals surface area contributed by atoms with Gasteiger partial charge in [-0.1, -0.05) is 24.3 Å². The number of hydrogen-bond donors (Lipinski definition) is 0. The van der Waals surface area contributed by atoms with Gasteiger partial charge >= 0.3 is 0 Å². The van der Waals surface area contributed by atoms with Gasteiger partial charge in [0.25, 0.3) is 11.2 Å². The molecule has 0 spiro atoms. The Morgan fingerprint density at radius 3 is 2.77 bits per heavy atom. The average molecular weight is 421 g/mol. The zero-order valence-corrected chi connectivity index (χ0v) is 16.4. The van der Waals surface area contributed by atoms with Crippen molar-refractivity contribution in [2.24, 2.45) is 0 Å². The molecule has 5 rings (SSSR count). The molecule has 9 heteroatoms. The highest BCUT2D eigenvalue weighted by Gasteiger charge is 2.22. The highest BCUT2D eigenvalue weighted by Crippen LogP contribution is 2.33. The van der Waals surface area contributed by atoms with E-state index in [4.69, 9.17) is 9.47 Å². The number of fused-ring (bicyclic) bond motifs is 2. The van der Waals surface area contributed by atoms with E-state index in [1.807, 2.05) is 35.7 Å². The first kappa shape index (κ1) is 18.5. The number of rotatable bonds is 4. The highest BCUT2D eigenvalue weighted by molar-refractivity contribution is 7.13. The average Bonchev–Trinajstić information content (AvgIpc) is 3.30. The van der Waals surface area contributed by atoms with Crippen molar-refractivity contribution in [1.29, 1.82) is 0 Å². The molecule has 8 nitrogen and oxygen atoms in total. The molecule has 0 saturated carbocycles. The number of ether oxygens (including phenoxy) is 2. The van der Waals surface area contributed by atoms with E-state index in [0.717, 1.165) is 10.3 Å². The van der Waals surface area contributed by atoms with E-state index in [1.165, 1.54) is 28.2 Å². The zero-order chi connectivity index (χ0) is 20.7. The predicted molar refractivity (Wildman–Crippen MR) is 112 cm³/mol. The summed E-state index contributed by atoms with van der Waals surface area (Å²) in [5.41, 5.74) is 1.45. The van der Waals surface area contributed by atoms with Crippen LogP contribution in [0.2, 0.25) is 0 Å². The molecule has 0 atom stereocenters. The van der Waals surface area contributed by atoms with Gasteiger partial charge in [0.2, 0.25) is 0 Å². The second kappa shape index (κ2) is 7.36. The Balaban J connectivity index is 1.70. The molecule has 0 amide bonds. The smallest absolute Gasteiger partial charge is 0.274 e. The zero-order valence-electron chi connectivity index (χ0n) is 15.6. The first-order chi connectivity index (χ1) is 14.6. The van der Waals surface area contributed by atoms with Crippen LogP contribution in [0, 0.1) is 10.1 Å². The lowest BCUT2D eigenvalue weighted by Gasteiger charge is -2.21. The predicted octanol–water partition coefficient (Wildman–Crippen LogP) is 3.95. The summed E-state index contributed by atoms with van der Waals surface area (Å²) in [4.78, 5) is 25.0. The van der Waals surface area contributed by atoms with Crippen LogP contribution < -0.4 is 10.3 Å². The summed E-state index contributed by atoms with van der Waals surface area (Å²) in [5.74, 6) is 0.506. The molecular formula is C21H15N3O5S. The Labute approximate surface area is 174 Å². The Morgan fingerprint density at radius 1 is 1.17 bits per heavy atom. The molecule has 0 fully saturated rings. The van der Waals surface area contributed by atoms with Gasteiger partial charge < -0.3 is 9.47 Å². The first-order valence-electron chi connectivity index (χ1n) is 9.16. The number of aromatic nitrogens is 2. The summed E-state index contributed by atoms with van der Waals surface area (Å²) in [6.45, 7) is 0.314. The number of hydrogen-bond acceptors (Lipinski definition) is 7. The van der Waals surface area contributed by atoms with Crippen molar-refractivity contribution >= 4 is 27.8 Å². The third-order valence-corrected chi connectivity index (χ3v) is 5.80. The fraction of sp³-hybridized carbons (Fsp3) is 0.143. The van der Waals surface area contributed by atoms with Crippen molar-refractivity contribution in [2.45, 2.75) is 13.2 Å². The van der Waals surface area contributed by atoms with Crippen molar-refractivity contribution in [2.75, 3.05) is 6.79 Å². The van der Waals surface area contributed by atoms with Crippen LogP contribution in [0.4, 0.5) is 5.69 Å². The minimum atomic E-state index is -0.466. The Hall–Kier alpha value is -3.56. The molecular weight excluding hydrogens is 406 g/mol.